The van der Waals surface area contributed by atoms with Crippen molar-refractivity contribution in [2.75, 3.05) is 5.43 Å². The van der Waals surface area contributed by atoms with Gasteiger partial charge in [-0.1, -0.05) is 34.6 Å². The smallest absolute Gasteiger partial charge is 0.219 e. The molecule has 0 saturated heterocycles. The Morgan fingerprint density at radius 2 is 1.76 bits per heavy atom. The van der Waals surface area contributed by atoms with Crippen LogP contribution in [0.2, 0.25) is 0 Å². The van der Waals surface area contributed by atoms with Crippen molar-refractivity contribution in [2.45, 2.75) is 65.4 Å². The van der Waals surface area contributed by atoms with E-state index in [-0.39, 0.29) is 11.5 Å². The Labute approximate surface area is 127 Å². The molecular weight excluding hydrogens is 264 g/mol. The van der Waals surface area contributed by atoms with Crippen LogP contribution in [-0.4, -0.2) is 16.1 Å². The van der Waals surface area contributed by atoms with Crippen molar-refractivity contribution in [3.63, 3.8) is 0 Å². The molecule has 2 rings (SSSR count). The molecule has 0 aliphatic heterocycles. The SMILES string of the molecule is CC1CC(C)CC(Oc2cc(NN)nc(C(C)(C)C)n2)C1. The van der Waals surface area contributed by atoms with Crippen LogP contribution in [0.4, 0.5) is 5.82 Å². The van der Waals surface area contributed by atoms with Gasteiger partial charge in [0.25, 0.3) is 0 Å². The lowest BCUT2D eigenvalue weighted by Crippen LogP contribution is -2.29. The summed E-state index contributed by atoms with van der Waals surface area (Å²) in [5.74, 6) is 8.88. The number of hydrazine groups is 1. The van der Waals surface area contributed by atoms with Crippen LogP contribution < -0.4 is 16.0 Å². The van der Waals surface area contributed by atoms with Gasteiger partial charge in [-0.15, -0.1) is 0 Å². The zero-order valence-corrected chi connectivity index (χ0v) is 13.8. The normalized spacial score (nSPS) is 26.5. The molecular formula is C16H28N4O. The second-order valence-electron chi connectivity index (χ2n) is 7.47. The average Bonchev–Trinajstić information content (AvgIpc) is 2.36. The van der Waals surface area contributed by atoms with E-state index in [1.54, 1.807) is 6.07 Å². The Morgan fingerprint density at radius 1 is 1.14 bits per heavy atom. The molecule has 21 heavy (non-hydrogen) atoms. The molecule has 1 aliphatic carbocycles. The standard InChI is InChI=1S/C16H28N4O/c1-10-6-11(2)8-12(7-10)21-14-9-13(20-17)18-15(19-14)16(3,4)5/h9-12H,6-8,17H2,1-5H3,(H,18,19,20). The third-order valence-corrected chi connectivity index (χ3v) is 3.94. The van der Waals surface area contributed by atoms with Gasteiger partial charge in [0.2, 0.25) is 5.88 Å². The van der Waals surface area contributed by atoms with E-state index in [9.17, 15) is 0 Å². The second kappa shape index (κ2) is 6.18. The van der Waals surface area contributed by atoms with Crippen molar-refractivity contribution < 1.29 is 4.74 Å². The molecule has 118 valence electrons. The molecule has 1 aromatic rings. The fourth-order valence-electron chi connectivity index (χ4n) is 3.03. The maximum absolute atomic E-state index is 6.13. The van der Waals surface area contributed by atoms with Gasteiger partial charge in [-0.2, -0.15) is 4.98 Å². The lowest BCUT2D eigenvalue weighted by Gasteiger charge is -2.31. The van der Waals surface area contributed by atoms with E-state index in [0.29, 0.717) is 23.5 Å². The summed E-state index contributed by atoms with van der Waals surface area (Å²) in [4.78, 5) is 8.99. The van der Waals surface area contributed by atoms with Gasteiger partial charge in [0.05, 0.1) is 0 Å². The zero-order valence-electron chi connectivity index (χ0n) is 13.8. The van der Waals surface area contributed by atoms with Gasteiger partial charge < -0.3 is 10.2 Å². The lowest BCUT2D eigenvalue weighted by molar-refractivity contribution is 0.0961. The molecule has 1 heterocycles. The molecule has 1 saturated carbocycles. The fraction of sp³-hybridized carbons (Fsp3) is 0.750. The van der Waals surface area contributed by atoms with Gasteiger partial charge in [0.1, 0.15) is 17.7 Å². The van der Waals surface area contributed by atoms with Crippen molar-refractivity contribution in [3.8, 4) is 5.88 Å². The van der Waals surface area contributed by atoms with Gasteiger partial charge in [0, 0.05) is 11.5 Å². The molecule has 1 fully saturated rings. The topological polar surface area (TPSA) is 73.1 Å². The second-order valence-corrected chi connectivity index (χ2v) is 7.47. The van der Waals surface area contributed by atoms with Crippen LogP contribution in [0.3, 0.4) is 0 Å². The van der Waals surface area contributed by atoms with E-state index in [1.807, 2.05) is 0 Å². The summed E-state index contributed by atoms with van der Waals surface area (Å²) >= 11 is 0. The maximum Gasteiger partial charge on any atom is 0.219 e. The number of aromatic nitrogens is 2. The molecule has 5 heteroatoms. The van der Waals surface area contributed by atoms with E-state index >= 15 is 0 Å². The number of hydrogen-bond acceptors (Lipinski definition) is 5. The van der Waals surface area contributed by atoms with Crippen LogP contribution in [0.15, 0.2) is 6.07 Å². The maximum atomic E-state index is 6.13. The molecule has 5 nitrogen and oxygen atoms in total. The molecule has 1 aromatic heterocycles. The van der Waals surface area contributed by atoms with Crippen molar-refractivity contribution >= 4 is 5.82 Å². The third-order valence-electron chi connectivity index (χ3n) is 3.94. The van der Waals surface area contributed by atoms with Gasteiger partial charge in [-0.3, -0.25) is 0 Å². The first-order valence-corrected chi connectivity index (χ1v) is 7.80. The van der Waals surface area contributed by atoms with Crippen molar-refractivity contribution in [2.24, 2.45) is 17.7 Å². The Balaban J connectivity index is 2.19. The zero-order chi connectivity index (χ0) is 15.6. The molecule has 0 amide bonds. The summed E-state index contributed by atoms with van der Waals surface area (Å²) in [7, 11) is 0. The predicted octanol–water partition coefficient (Wildman–Crippen LogP) is 3.26. The molecule has 0 bridgehead atoms. The lowest BCUT2D eigenvalue weighted by atomic mass is 9.82. The summed E-state index contributed by atoms with van der Waals surface area (Å²) in [6.07, 6.45) is 3.69. The molecule has 0 aromatic carbocycles. The Hall–Kier alpha value is -1.36. The van der Waals surface area contributed by atoms with E-state index in [0.717, 1.165) is 18.7 Å². The number of nitrogens with zero attached hydrogens (tertiary/aromatic N) is 2. The van der Waals surface area contributed by atoms with Crippen LogP contribution in [0.25, 0.3) is 0 Å². The molecule has 0 radical (unpaired) electrons. The molecule has 3 N–H and O–H groups in total. The summed E-state index contributed by atoms with van der Waals surface area (Å²) in [5.41, 5.74) is 2.46. The van der Waals surface area contributed by atoms with Crippen LogP contribution >= 0.6 is 0 Å². The Morgan fingerprint density at radius 3 is 2.29 bits per heavy atom. The summed E-state index contributed by atoms with van der Waals surface area (Å²) in [5, 5.41) is 0. The highest BCUT2D eigenvalue weighted by Gasteiger charge is 2.26. The first-order valence-electron chi connectivity index (χ1n) is 7.80. The number of ether oxygens (including phenoxy) is 1. The van der Waals surface area contributed by atoms with E-state index in [4.69, 9.17) is 10.6 Å². The number of anilines is 1. The van der Waals surface area contributed by atoms with Crippen LogP contribution in [0, 0.1) is 11.8 Å². The quantitative estimate of drug-likeness (QED) is 0.661. The number of nitrogen functional groups attached to an aromatic ring is 1. The van der Waals surface area contributed by atoms with Gasteiger partial charge in [-0.25, -0.2) is 10.8 Å². The summed E-state index contributed by atoms with van der Waals surface area (Å²) < 4.78 is 6.13. The molecule has 2 atom stereocenters. The van der Waals surface area contributed by atoms with Crippen LogP contribution in [0.5, 0.6) is 5.88 Å². The highest BCUT2D eigenvalue weighted by Crippen LogP contribution is 2.32. The van der Waals surface area contributed by atoms with Gasteiger partial charge in [-0.05, 0) is 31.1 Å². The first-order chi connectivity index (χ1) is 9.77. The highest BCUT2D eigenvalue weighted by atomic mass is 16.5. The van der Waals surface area contributed by atoms with E-state index in [1.165, 1.54) is 6.42 Å². The minimum Gasteiger partial charge on any atom is -0.474 e. The van der Waals surface area contributed by atoms with Crippen LogP contribution in [-0.2, 0) is 5.41 Å². The summed E-state index contributed by atoms with van der Waals surface area (Å²) in [6.45, 7) is 10.8. The fourth-order valence-corrected chi connectivity index (χ4v) is 3.03. The largest absolute Gasteiger partial charge is 0.474 e. The van der Waals surface area contributed by atoms with E-state index < -0.39 is 0 Å². The van der Waals surface area contributed by atoms with Crippen LogP contribution in [0.1, 0.15) is 59.7 Å². The Kier molecular flexibility index (Phi) is 4.71. The third kappa shape index (κ3) is 4.30. The van der Waals surface area contributed by atoms with Gasteiger partial charge >= 0.3 is 0 Å². The number of rotatable bonds is 3. The van der Waals surface area contributed by atoms with Crippen molar-refractivity contribution in [1.82, 2.24) is 9.97 Å². The number of nitrogens with two attached hydrogens (primary N) is 1. The number of nitrogens with one attached hydrogen (secondary N) is 1. The number of hydrogen-bond donors (Lipinski definition) is 2. The minimum absolute atomic E-state index is 0.141. The molecule has 1 aliphatic rings. The van der Waals surface area contributed by atoms with E-state index in [2.05, 4.69) is 50.0 Å². The van der Waals surface area contributed by atoms with Crippen molar-refractivity contribution in [3.05, 3.63) is 11.9 Å². The Bertz CT molecular complexity index is 474. The van der Waals surface area contributed by atoms with Gasteiger partial charge in [0.15, 0.2) is 0 Å². The highest BCUT2D eigenvalue weighted by molar-refractivity contribution is 5.38. The average molecular weight is 292 g/mol. The monoisotopic (exact) mass is 292 g/mol. The summed E-state index contributed by atoms with van der Waals surface area (Å²) in [6, 6.07) is 1.78. The first kappa shape index (κ1) is 16.0. The minimum atomic E-state index is -0.141. The van der Waals surface area contributed by atoms with Crippen molar-refractivity contribution in [1.29, 1.82) is 0 Å². The molecule has 0 spiro atoms. The predicted molar refractivity (Wildman–Crippen MR) is 85.1 cm³/mol. The molecule has 2 unspecified atom stereocenters.